The Morgan fingerprint density at radius 2 is 1.60 bits per heavy atom. The quantitative estimate of drug-likeness (QED) is 0.266. The van der Waals surface area contributed by atoms with Crippen molar-refractivity contribution in [1.29, 1.82) is 0 Å². The van der Waals surface area contributed by atoms with E-state index in [1.165, 1.54) is 0 Å². The van der Waals surface area contributed by atoms with Gasteiger partial charge in [0.1, 0.15) is 12.2 Å². The fourth-order valence-electron chi connectivity index (χ4n) is 0.887. The van der Waals surface area contributed by atoms with Crippen LogP contribution in [0.4, 0.5) is 0 Å². The van der Waals surface area contributed by atoms with Crippen molar-refractivity contribution in [1.82, 2.24) is 0 Å². The molecule has 0 saturated carbocycles. The van der Waals surface area contributed by atoms with Gasteiger partial charge in [0.25, 0.3) is 0 Å². The maximum atomic E-state index is 9.17. The fourth-order valence-corrected chi connectivity index (χ4v) is 0.887. The minimum absolute atomic E-state index is 0.0292. The van der Waals surface area contributed by atoms with Gasteiger partial charge in [0.15, 0.2) is 6.29 Å². The second-order valence-corrected chi connectivity index (χ2v) is 2.81. The maximum Gasteiger partial charge on any atom is 0.181 e. The number of hydrogen-bond acceptors (Lipinski definition) is 7. The van der Waals surface area contributed by atoms with E-state index in [0.29, 0.717) is 0 Å². The maximum absolute atomic E-state index is 9.17. The third-order valence-electron chi connectivity index (χ3n) is 1.67. The minimum Gasteiger partial charge on any atom is -0.394 e. The van der Waals surface area contributed by atoms with Gasteiger partial charge in [0, 0.05) is 0 Å². The first-order valence-electron chi connectivity index (χ1n) is 4.58. The van der Waals surface area contributed by atoms with Crippen LogP contribution >= 0.6 is 0 Å². The van der Waals surface area contributed by atoms with Crippen molar-refractivity contribution in [3.63, 3.8) is 0 Å². The number of ether oxygens (including phenoxy) is 2. The first-order valence-corrected chi connectivity index (χ1v) is 4.58. The molecule has 0 aliphatic rings. The van der Waals surface area contributed by atoms with E-state index in [1.807, 2.05) is 0 Å². The molecule has 0 fully saturated rings. The predicted molar refractivity (Wildman–Crippen MR) is 49.0 cm³/mol. The fraction of sp³-hybridized carbons (Fsp3) is 1.00. The number of hydrogen-bond donors (Lipinski definition) is 5. The van der Waals surface area contributed by atoms with Crippen LogP contribution in [0.2, 0.25) is 0 Å². The third-order valence-corrected chi connectivity index (χ3v) is 1.67. The van der Waals surface area contributed by atoms with Gasteiger partial charge in [-0.1, -0.05) is 0 Å². The van der Waals surface area contributed by atoms with Crippen molar-refractivity contribution >= 4 is 0 Å². The van der Waals surface area contributed by atoms with Crippen molar-refractivity contribution in [3.05, 3.63) is 0 Å². The van der Waals surface area contributed by atoms with E-state index >= 15 is 0 Å². The average Bonchev–Trinajstić information content (AvgIpc) is 2.28. The molecule has 0 bridgehead atoms. The van der Waals surface area contributed by atoms with E-state index in [2.05, 4.69) is 0 Å². The highest BCUT2D eigenvalue weighted by Gasteiger charge is 2.22. The number of aliphatic hydroxyl groups excluding tert-OH is 5. The molecule has 92 valence electrons. The third kappa shape index (κ3) is 6.00. The number of aliphatic hydroxyl groups is 5. The molecule has 0 aromatic rings. The van der Waals surface area contributed by atoms with Crippen LogP contribution in [-0.2, 0) is 9.47 Å². The van der Waals surface area contributed by atoms with Gasteiger partial charge in [0.2, 0.25) is 0 Å². The lowest BCUT2D eigenvalue weighted by molar-refractivity contribution is -0.219. The van der Waals surface area contributed by atoms with Gasteiger partial charge in [-0.3, -0.25) is 0 Å². The molecule has 0 heterocycles. The molecule has 15 heavy (non-hydrogen) atoms. The standard InChI is InChI=1S/C8H18O7/c9-1-2-14-8(5-12)15-7(4-11)6(13)3-10/h6-13H,1-5H2/t6-,7?,8+/m1/s1. The topological polar surface area (TPSA) is 120 Å². The summed E-state index contributed by atoms with van der Waals surface area (Å²) in [5.41, 5.74) is 0. The zero-order valence-corrected chi connectivity index (χ0v) is 8.32. The molecule has 0 aromatic carbocycles. The zero-order valence-electron chi connectivity index (χ0n) is 8.32. The van der Waals surface area contributed by atoms with Crippen molar-refractivity contribution in [3.8, 4) is 0 Å². The summed E-state index contributed by atoms with van der Waals surface area (Å²) >= 11 is 0. The van der Waals surface area contributed by atoms with Crippen LogP contribution in [0.15, 0.2) is 0 Å². The molecule has 0 saturated heterocycles. The molecule has 3 atom stereocenters. The Hall–Kier alpha value is -0.280. The average molecular weight is 226 g/mol. The normalized spacial score (nSPS) is 17.4. The molecule has 0 aliphatic carbocycles. The van der Waals surface area contributed by atoms with Crippen LogP contribution in [0.5, 0.6) is 0 Å². The van der Waals surface area contributed by atoms with Crippen LogP contribution < -0.4 is 0 Å². The van der Waals surface area contributed by atoms with Gasteiger partial charge in [-0.05, 0) is 0 Å². The minimum atomic E-state index is -1.25. The van der Waals surface area contributed by atoms with Gasteiger partial charge >= 0.3 is 0 Å². The molecule has 0 radical (unpaired) electrons. The van der Waals surface area contributed by atoms with Gasteiger partial charge in [-0.25, -0.2) is 0 Å². The number of rotatable bonds is 9. The molecule has 7 heteroatoms. The van der Waals surface area contributed by atoms with Gasteiger partial charge in [-0.15, -0.1) is 0 Å². The monoisotopic (exact) mass is 226 g/mol. The Balaban J connectivity index is 3.99. The summed E-state index contributed by atoms with van der Waals surface area (Å²) in [4.78, 5) is 0. The first-order chi connectivity index (χ1) is 7.19. The zero-order chi connectivity index (χ0) is 11.7. The smallest absolute Gasteiger partial charge is 0.181 e. The Kier molecular flexibility index (Phi) is 8.82. The van der Waals surface area contributed by atoms with Crippen LogP contribution in [-0.4, -0.2) is 77.1 Å². The van der Waals surface area contributed by atoms with Gasteiger partial charge in [0.05, 0.1) is 33.0 Å². The Morgan fingerprint density at radius 3 is 2.00 bits per heavy atom. The molecule has 0 amide bonds. The lowest BCUT2D eigenvalue weighted by Gasteiger charge is -2.24. The molecule has 0 aromatic heterocycles. The second kappa shape index (κ2) is 8.98. The summed E-state index contributed by atoms with van der Waals surface area (Å²) < 4.78 is 9.80. The Morgan fingerprint density at radius 1 is 0.933 bits per heavy atom. The molecule has 1 unspecified atom stereocenters. The highest BCUT2D eigenvalue weighted by Crippen LogP contribution is 2.04. The summed E-state index contributed by atoms with van der Waals surface area (Å²) in [6, 6.07) is 0. The van der Waals surface area contributed by atoms with E-state index < -0.39 is 38.3 Å². The first kappa shape index (κ1) is 14.7. The van der Waals surface area contributed by atoms with E-state index in [4.69, 9.17) is 35.0 Å². The Labute approximate surface area is 87.5 Å². The summed E-state index contributed by atoms with van der Waals surface area (Å²) in [6.45, 7) is -1.82. The van der Waals surface area contributed by atoms with Crippen molar-refractivity contribution in [2.24, 2.45) is 0 Å². The summed E-state index contributed by atoms with van der Waals surface area (Å²) in [5, 5.41) is 43.8. The van der Waals surface area contributed by atoms with E-state index in [-0.39, 0.29) is 13.2 Å². The van der Waals surface area contributed by atoms with Crippen molar-refractivity contribution in [2.45, 2.75) is 18.5 Å². The molecule has 0 aliphatic heterocycles. The van der Waals surface area contributed by atoms with Gasteiger partial charge < -0.3 is 35.0 Å². The lowest BCUT2D eigenvalue weighted by atomic mass is 10.2. The van der Waals surface area contributed by atoms with Crippen LogP contribution in [0.3, 0.4) is 0 Å². The SMILES string of the molecule is OCCO[C@H](CO)OC(CO)[C@H](O)CO. The van der Waals surface area contributed by atoms with E-state index in [0.717, 1.165) is 0 Å². The van der Waals surface area contributed by atoms with Crippen LogP contribution in [0.25, 0.3) is 0 Å². The van der Waals surface area contributed by atoms with E-state index in [9.17, 15) is 0 Å². The molecule has 5 N–H and O–H groups in total. The van der Waals surface area contributed by atoms with E-state index in [1.54, 1.807) is 0 Å². The van der Waals surface area contributed by atoms with Crippen LogP contribution in [0.1, 0.15) is 0 Å². The largest absolute Gasteiger partial charge is 0.394 e. The summed E-state index contributed by atoms with van der Waals surface area (Å²) in [7, 11) is 0. The molecule has 7 nitrogen and oxygen atoms in total. The summed E-state index contributed by atoms with van der Waals surface area (Å²) in [5.74, 6) is 0. The molecular formula is C8H18O7. The lowest BCUT2D eigenvalue weighted by Crippen LogP contribution is -2.40. The van der Waals surface area contributed by atoms with Gasteiger partial charge in [-0.2, -0.15) is 0 Å². The van der Waals surface area contributed by atoms with Crippen LogP contribution in [0, 0.1) is 0 Å². The van der Waals surface area contributed by atoms with Crippen molar-refractivity contribution in [2.75, 3.05) is 33.0 Å². The summed E-state index contributed by atoms with van der Waals surface area (Å²) in [6.07, 6.45) is -3.33. The van der Waals surface area contributed by atoms with Crippen molar-refractivity contribution < 1.29 is 35.0 Å². The highest BCUT2D eigenvalue weighted by atomic mass is 16.7. The molecule has 0 rings (SSSR count). The Bertz CT molecular complexity index is 143. The predicted octanol–water partition coefficient (Wildman–Crippen LogP) is -2.96. The molecule has 0 spiro atoms. The second-order valence-electron chi connectivity index (χ2n) is 2.81. The highest BCUT2D eigenvalue weighted by molar-refractivity contribution is 4.67. The molecular weight excluding hydrogens is 208 g/mol.